The fraction of sp³-hybridized carbons (Fsp3) is 0.267. The van der Waals surface area contributed by atoms with Crippen molar-refractivity contribution < 1.29 is 8.42 Å². The highest BCUT2D eigenvalue weighted by molar-refractivity contribution is 7.90. The van der Waals surface area contributed by atoms with E-state index in [1.54, 1.807) is 17.0 Å². The number of aryl methyl sites for hydroxylation is 1. The van der Waals surface area contributed by atoms with Crippen molar-refractivity contribution in [3.05, 3.63) is 42.5 Å². The Morgan fingerprint density at radius 2 is 2.00 bits per heavy atom. The molecule has 7 nitrogen and oxygen atoms in total. The van der Waals surface area contributed by atoms with Gasteiger partial charge in [-0.15, -0.1) is 0 Å². The number of nitrogens with zero attached hydrogens (tertiary/aromatic N) is 4. The summed E-state index contributed by atoms with van der Waals surface area (Å²) >= 11 is 0. The Hall–Kier alpha value is -2.48. The van der Waals surface area contributed by atoms with Gasteiger partial charge in [0.05, 0.1) is 11.3 Å². The van der Waals surface area contributed by atoms with Crippen molar-refractivity contribution in [1.29, 1.82) is 0 Å². The molecule has 0 aliphatic carbocycles. The number of rotatable bonds is 5. The van der Waals surface area contributed by atoms with Crippen molar-refractivity contribution in [2.45, 2.75) is 6.92 Å². The first kappa shape index (κ1) is 15.4. The van der Waals surface area contributed by atoms with Crippen LogP contribution in [0.15, 0.2) is 36.7 Å². The molecule has 1 aromatic carbocycles. The van der Waals surface area contributed by atoms with Gasteiger partial charge in [-0.1, -0.05) is 12.1 Å². The molecular formula is C15H17N5O2S. The second kappa shape index (κ2) is 5.96. The molecular weight excluding hydrogens is 314 g/mol. The van der Waals surface area contributed by atoms with Crippen LogP contribution in [-0.4, -0.2) is 46.5 Å². The molecule has 1 N–H and O–H groups in total. The van der Waals surface area contributed by atoms with E-state index in [0.29, 0.717) is 18.3 Å². The first-order chi connectivity index (χ1) is 10.9. The maximum Gasteiger partial charge on any atom is 0.237 e. The number of nitrogens with one attached hydrogen (secondary N) is 1. The van der Waals surface area contributed by atoms with E-state index in [1.165, 1.54) is 6.26 Å². The van der Waals surface area contributed by atoms with E-state index in [2.05, 4.69) is 20.3 Å². The second-order valence-corrected chi connectivity index (χ2v) is 7.55. The zero-order chi connectivity index (χ0) is 16.4. The van der Waals surface area contributed by atoms with Crippen LogP contribution in [0.5, 0.6) is 0 Å². The SMILES string of the molecule is Cc1nccn1-c1nc(NCCS(C)(=O)=O)c2ccccc2n1. The first-order valence-electron chi connectivity index (χ1n) is 7.13. The number of anilines is 1. The molecule has 0 aliphatic heterocycles. The van der Waals surface area contributed by atoms with E-state index in [1.807, 2.05) is 31.2 Å². The summed E-state index contributed by atoms with van der Waals surface area (Å²) in [6, 6.07) is 7.60. The number of aromatic nitrogens is 4. The van der Waals surface area contributed by atoms with E-state index in [-0.39, 0.29) is 5.75 Å². The summed E-state index contributed by atoms with van der Waals surface area (Å²) in [4.78, 5) is 13.3. The lowest BCUT2D eigenvalue weighted by Gasteiger charge is -2.11. The fourth-order valence-electron chi connectivity index (χ4n) is 2.25. The van der Waals surface area contributed by atoms with Crippen LogP contribution in [-0.2, 0) is 9.84 Å². The first-order valence-corrected chi connectivity index (χ1v) is 9.19. The maximum absolute atomic E-state index is 11.3. The number of hydrogen-bond donors (Lipinski definition) is 1. The third kappa shape index (κ3) is 3.48. The largest absolute Gasteiger partial charge is 0.368 e. The zero-order valence-corrected chi connectivity index (χ0v) is 13.7. The highest BCUT2D eigenvalue weighted by Crippen LogP contribution is 2.21. The summed E-state index contributed by atoms with van der Waals surface area (Å²) in [6.07, 6.45) is 4.69. The van der Waals surface area contributed by atoms with Crippen molar-refractivity contribution in [3.8, 4) is 5.95 Å². The standard InChI is InChI=1S/C15H17N5O2S/c1-11-16-7-9-20(11)15-18-13-6-4-3-5-12(13)14(19-15)17-8-10-23(2,21)22/h3-7,9H,8,10H2,1-2H3,(H,17,18,19). The molecule has 0 aliphatic rings. The van der Waals surface area contributed by atoms with Crippen LogP contribution in [0.2, 0.25) is 0 Å². The molecule has 8 heteroatoms. The van der Waals surface area contributed by atoms with Crippen LogP contribution in [0.25, 0.3) is 16.9 Å². The number of benzene rings is 1. The van der Waals surface area contributed by atoms with Crippen molar-refractivity contribution in [3.63, 3.8) is 0 Å². The lowest BCUT2D eigenvalue weighted by Crippen LogP contribution is -2.16. The lowest BCUT2D eigenvalue weighted by atomic mass is 10.2. The molecule has 2 aromatic heterocycles. The van der Waals surface area contributed by atoms with Gasteiger partial charge in [0.2, 0.25) is 5.95 Å². The highest BCUT2D eigenvalue weighted by atomic mass is 32.2. The molecule has 0 unspecified atom stereocenters. The Kier molecular flexibility index (Phi) is 3.99. The van der Waals surface area contributed by atoms with Gasteiger partial charge in [0.1, 0.15) is 21.5 Å². The summed E-state index contributed by atoms with van der Waals surface area (Å²) in [5.74, 6) is 1.94. The van der Waals surface area contributed by atoms with Crippen molar-refractivity contribution in [2.75, 3.05) is 23.9 Å². The average Bonchev–Trinajstić information content (AvgIpc) is 2.92. The number of imidazole rings is 1. The number of hydrogen-bond acceptors (Lipinski definition) is 6. The Labute approximate surface area is 134 Å². The van der Waals surface area contributed by atoms with Crippen LogP contribution in [0.4, 0.5) is 5.82 Å². The van der Waals surface area contributed by atoms with Crippen molar-refractivity contribution >= 4 is 26.6 Å². The van der Waals surface area contributed by atoms with Gasteiger partial charge >= 0.3 is 0 Å². The minimum absolute atomic E-state index is 0.0464. The Morgan fingerprint density at radius 3 is 2.70 bits per heavy atom. The molecule has 0 saturated heterocycles. The third-order valence-electron chi connectivity index (χ3n) is 3.40. The van der Waals surface area contributed by atoms with Gasteiger partial charge in [-0.05, 0) is 19.1 Å². The molecule has 120 valence electrons. The Balaban J connectivity index is 2.02. The quantitative estimate of drug-likeness (QED) is 0.763. The van der Waals surface area contributed by atoms with Gasteiger partial charge in [0.15, 0.2) is 0 Å². The van der Waals surface area contributed by atoms with E-state index in [4.69, 9.17) is 0 Å². The molecule has 0 bridgehead atoms. The van der Waals surface area contributed by atoms with Crippen LogP contribution in [0.1, 0.15) is 5.82 Å². The van der Waals surface area contributed by atoms with Gasteiger partial charge in [-0.2, -0.15) is 4.98 Å². The molecule has 0 amide bonds. The Bertz CT molecular complexity index is 949. The second-order valence-electron chi connectivity index (χ2n) is 5.29. The van der Waals surface area contributed by atoms with E-state index in [0.717, 1.165) is 16.7 Å². The molecule has 0 atom stereocenters. The van der Waals surface area contributed by atoms with Crippen molar-refractivity contribution in [1.82, 2.24) is 19.5 Å². The van der Waals surface area contributed by atoms with E-state index < -0.39 is 9.84 Å². The van der Waals surface area contributed by atoms with Gasteiger partial charge in [-0.25, -0.2) is 18.4 Å². The smallest absolute Gasteiger partial charge is 0.237 e. The molecule has 3 rings (SSSR count). The van der Waals surface area contributed by atoms with Crippen LogP contribution in [0.3, 0.4) is 0 Å². The topological polar surface area (TPSA) is 89.8 Å². The van der Waals surface area contributed by atoms with Crippen molar-refractivity contribution in [2.24, 2.45) is 0 Å². The van der Waals surface area contributed by atoms with Gasteiger partial charge in [0, 0.05) is 30.6 Å². The summed E-state index contributed by atoms with van der Waals surface area (Å²) in [5.41, 5.74) is 0.785. The summed E-state index contributed by atoms with van der Waals surface area (Å²) in [7, 11) is -3.03. The van der Waals surface area contributed by atoms with Gasteiger partial charge < -0.3 is 5.32 Å². The Morgan fingerprint density at radius 1 is 1.22 bits per heavy atom. The fourth-order valence-corrected chi connectivity index (χ4v) is 2.72. The molecule has 0 fully saturated rings. The maximum atomic E-state index is 11.3. The van der Waals surface area contributed by atoms with Crippen LogP contribution < -0.4 is 5.32 Å². The predicted molar refractivity (Wildman–Crippen MR) is 89.6 cm³/mol. The minimum atomic E-state index is -3.03. The molecule has 0 saturated carbocycles. The summed E-state index contributed by atoms with van der Waals surface area (Å²) < 4.78 is 24.4. The van der Waals surface area contributed by atoms with Gasteiger partial charge in [0.25, 0.3) is 0 Å². The van der Waals surface area contributed by atoms with Crippen LogP contribution >= 0.6 is 0 Å². The monoisotopic (exact) mass is 331 g/mol. The number of para-hydroxylation sites is 1. The highest BCUT2D eigenvalue weighted by Gasteiger charge is 2.11. The molecule has 2 heterocycles. The zero-order valence-electron chi connectivity index (χ0n) is 12.9. The predicted octanol–water partition coefficient (Wildman–Crippen LogP) is 1.58. The molecule has 0 radical (unpaired) electrons. The minimum Gasteiger partial charge on any atom is -0.368 e. The lowest BCUT2D eigenvalue weighted by molar-refractivity contribution is 0.602. The normalized spacial score (nSPS) is 11.7. The molecule has 0 spiro atoms. The number of sulfone groups is 1. The average molecular weight is 331 g/mol. The molecule has 3 aromatic rings. The van der Waals surface area contributed by atoms with E-state index in [9.17, 15) is 8.42 Å². The molecule has 23 heavy (non-hydrogen) atoms. The summed E-state index contributed by atoms with van der Waals surface area (Å²) in [5, 5.41) is 3.95. The van der Waals surface area contributed by atoms with E-state index >= 15 is 0 Å². The number of fused-ring (bicyclic) bond motifs is 1. The summed E-state index contributed by atoms with van der Waals surface area (Å²) in [6.45, 7) is 2.16. The van der Waals surface area contributed by atoms with Gasteiger partial charge in [-0.3, -0.25) is 4.57 Å². The third-order valence-corrected chi connectivity index (χ3v) is 4.34. The van der Waals surface area contributed by atoms with Crippen LogP contribution in [0, 0.1) is 6.92 Å².